The number of nitrogens with zero attached hydrogens (tertiary/aromatic N) is 2. The number of aromatic nitrogens is 2. The zero-order chi connectivity index (χ0) is 14.8. The van der Waals surface area contributed by atoms with E-state index in [1.165, 1.54) is 18.2 Å². The molecular formula is C12H10N4O3S. The van der Waals surface area contributed by atoms with Gasteiger partial charge in [-0.3, -0.25) is 9.52 Å². The maximum absolute atomic E-state index is 12.2. The standard InChI is InChI=1S/C12H10N4O3S/c1-8-2-3-9(7-13)6-10(8)20(18,19)16-11-4-5-12(17)15-14-11/h2-6H,1H3,(H,14,16)(H,15,17). The van der Waals surface area contributed by atoms with Gasteiger partial charge in [0.2, 0.25) is 0 Å². The first-order chi connectivity index (χ1) is 9.42. The maximum atomic E-state index is 12.2. The van der Waals surface area contributed by atoms with Crippen LogP contribution in [0.3, 0.4) is 0 Å². The van der Waals surface area contributed by atoms with Crippen molar-refractivity contribution >= 4 is 15.8 Å². The molecule has 20 heavy (non-hydrogen) atoms. The Balaban J connectivity index is 2.43. The smallest absolute Gasteiger partial charge is 0.264 e. The van der Waals surface area contributed by atoms with Crippen LogP contribution in [0.2, 0.25) is 0 Å². The minimum atomic E-state index is -3.88. The van der Waals surface area contributed by atoms with Crippen LogP contribution in [0.15, 0.2) is 40.0 Å². The number of hydrogen-bond acceptors (Lipinski definition) is 5. The van der Waals surface area contributed by atoms with Crippen molar-refractivity contribution in [2.24, 2.45) is 0 Å². The molecular weight excluding hydrogens is 280 g/mol. The molecule has 2 N–H and O–H groups in total. The molecule has 102 valence electrons. The van der Waals surface area contributed by atoms with E-state index in [1.807, 2.05) is 6.07 Å². The molecule has 0 saturated carbocycles. The van der Waals surface area contributed by atoms with E-state index in [4.69, 9.17) is 5.26 Å². The lowest BCUT2D eigenvalue weighted by Crippen LogP contribution is -2.17. The van der Waals surface area contributed by atoms with Crippen LogP contribution in [0, 0.1) is 18.3 Å². The van der Waals surface area contributed by atoms with Crippen molar-refractivity contribution in [3.63, 3.8) is 0 Å². The zero-order valence-corrected chi connectivity index (χ0v) is 11.2. The Bertz CT molecular complexity index is 829. The fourth-order valence-corrected chi connectivity index (χ4v) is 2.83. The highest BCUT2D eigenvalue weighted by Crippen LogP contribution is 2.19. The van der Waals surface area contributed by atoms with Gasteiger partial charge in [-0.25, -0.2) is 13.5 Å². The number of aromatic amines is 1. The SMILES string of the molecule is Cc1ccc(C#N)cc1S(=O)(=O)Nc1ccc(=O)[nH]n1. The first-order valence-electron chi connectivity index (χ1n) is 5.52. The van der Waals surface area contributed by atoms with E-state index >= 15 is 0 Å². The van der Waals surface area contributed by atoms with E-state index in [1.54, 1.807) is 13.0 Å². The summed E-state index contributed by atoms with van der Waals surface area (Å²) in [7, 11) is -3.88. The van der Waals surface area contributed by atoms with Gasteiger partial charge in [0.25, 0.3) is 15.6 Å². The fraction of sp³-hybridized carbons (Fsp3) is 0.0833. The highest BCUT2D eigenvalue weighted by molar-refractivity contribution is 7.92. The van der Waals surface area contributed by atoms with Crippen molar-refractivity contribution in [3.8, 4) is 6.07 Å². The van der Waals surface area contributed by atoms with Gasteiger partial charge in [-0.05, 0) is 30.7 Å². The molecule has 8 heteroatoms. The summed E-state index contributed by atoms with van der Waals surface area (Å²) in [5.41, 5.74) is 0.307. The Kier molecular flexibility index (Phi) is 3.54. The molecule has 0 aliphatic carbocycles. The first-order valence-corrected chi connectivity index (χ1v) is 7.00. The Hall–Kier alpha value is -2.66. The molecule has 1 aromatic carbocycles. The molecule has 0 aliphatic rings. The molecule has 2 rings (SSSR count). The number of nitrogens with one attached hydrogen (secondary N) is 2. The molecule has 0 amide bonds. The first kappa shape index (κ1) is 13.8. The lowest BCUT2D eigenvalue weighted by atomic mass is 10.2. The van der Waals surface area contributed by atoms with Gasteiger partial charge in [0, 0.05) is 6.07 Å². The normalized spacial score (nSPS) is 10.8. The van der Waals surface area contributed by atoms with Crippen molar-refractivity contribution in [2.75, 3.05) is 4.72 Å². The largest absolute Gasteiger partial charge is 0.268 e. The molecule has 0 bridgehead atoms. The van der Waals surface area contributed by atoms with E-state index < -0.39 is 15.6 Å². The number of aryl methyl sites for hydroxylation is 1. The average molecular weight is 290 g/mol. The number of benzene rings is 1. The van der Waals surface area contributed by atoms with E-state index in [-0.39, 0.29) is 16.3 Å². The molecule has 0 radical (unpaired) electrons. The minimum absolute atomic E-state index is 0.00800. The van der Waals surface area contributed by atoms with Crippen LogP contribution in [0.5, 0.6) is 0 Å². The van der Waals surface area contributed by atoms with Gasteiger partial charge >= 0.3 is 0 Å². The summed E-state index contributed by atoms with van der Waals surface area (Å²) in [4.78, 5) is 10.9. The quantitative estimate of drug-likeness (QED) is 0.865. The van der Waals surface area contributed by atoms with Crippen LogP contribution in [0.25, 0.3) is 0 Å². The monoisotopic (exact) mass is 290 g/mol. The molecule has 1 heterocycles. The highest BCUT2D eigenvalue weighted by atomic mass is 32.2. The molecule has 1 aromatic heterocycles. The van der Waals surface area contributed by atoms with Crippen molar-refractivity contribution < 1.29 is 8.42 Å². The van der Waals surface area contributed by atoms with Crippen LogP contribution < -0.4 is 10.3 Å². The van der Waals surface area contributed by atoms with E-state index in [0.717, 1.165) is 6.07 Å². The van der Waals surface area contributed by atoms with Crippen LogP contribution >= 0.6 is 0 Å². The van der Waals surface area contributed by atoms with Crippen LogP contribution in [-0.4, -0.2) is 18.6 Å². The van der Waals surface area contributed by atoms with E-state index in [9.17, 15) is 13.2 Å². The number of nitriles is 1. The number of rotatable bonds is 3. The third-order valence-electron chi connectivity index (χ3n) is 2.52. The van der Waals surface area contributed by atoms with E-state index in [2.05, 4.69) is 14.9 Å². The summed E-state index contributed by atoms with van der Waals surface area (Å²) in [5.74, 6) is -0.00800. The van der Waals surface area contributed by atoms with Crippen LogP contribution in [-0.2, 0) is 10.0 Å². The molecule has 0 atom stereocenters. The minimum Gasteiger partial charge on any atom is -0.268 e. The van der Waals surface area contributed by atoms with Gasteiger partial charge < -0.3 is 0 Å². The molecule has 0 aliphatic heterocycles. The van der Waals surface area contributed by atoms with Crippen LogP contribution in [0.1, 0.15) is 11.1 Å². The number of H-pyrrole nitrogens is 1. The van der Waals surface area contributed by atoms with E-state index in [0.29, 0.717) is 5.56 Å². The number of hydrogen-bond donors (Lipinski definition) is 2. The fourth-order valence-electron chi connectivity index (χ4n) is 1.55. The molecule has 0 spiro atoms. The molecule has 2 aromatic rings. The summed E-state index contributed by atoms with van der Waals surface area (Å²) >= 11 is 0. The summed E-state index contributed by atoms with van der Waals surface area (Å²) in [6.45, 7) is 1.62. The summed E-state index contributed by atoms with van der Waals surface area (Å²) in [6, 6.07) is 8.65. The van der Waals surface area contributed by atoms with Gasteiger partial charge in [-0.15, -0.1) is 0 Å². The van der Waals surface area contributed by atoms with Gasteiger partial charge in [0.05, 0.1) is 16.5 Å². The molecule has 7 nitrogen and oxygen atoms in total. The lowest BCUT2D eigenvalue weighted by molar-refractivity contribution is 0.600. The zero-order valence-electron chi connectivity index (χ0n) is 10.4. The number of sulfonamides is 1. The topological polar surface area (TPSA) is 116 Å². The van der Waals surface area contributed by atoms with Gasteiger partial charge in [0.1, 0.15) is 0 Å². The average Bonchev–Trinajstić information content (AvgIpc) is 2.41. The second kappa shape index (κ2) is 5.14. The summed E-state index contributed by atoms with van der Waals surface area (Å²) in [6.07, 6.45) is 0. The third kappa shape index (κ3) is 2.84. The molecule has 0 fully saturated rings. The third-order valence-corrected chi connectivity index (χ3v) is 4.02. The van der Waals surface area contributed by atoms with Crippen molar-refractivity contribution in [3.05, 3.63) is 51.8 Å². The Morgan fingerprint density at radius 1 is 1.30 bits per heavy atom. The van der Waals surface area contributed by atoms with Gasteiger partial charge in [-0.2, -0.15) is 10.4 Å². The van der Waals surface area contributed by atoms with Crippen LogP contribution in [0.4, 0.5) is 5.82 Å². The molecule has 0 saturated heterocycles. The van der Waals surface area contributed by atoms with Crippen molar-refractivity contribution in [1.82, 2.24) is 10.2 Å². The number of anilines is 1. The summed E-state index contributed by atoms with van der Waals surface area (Å²) < 4.78 is 26.7. The maximum Gasteiger partial charge on any atom is 0.264 e. The second-order valence-electron chi connectivity index (χ2n) is 4.00. The summed E-state index contributed by atoms with van der Waals surface area (Å²) in [5, 5.41) is 14.5. The molecule has 0 unspecified atom stereocenters. The Labute approximate surface area is 114 Å². The van der Waals surface area contributed by atoms with Crippen molar-refractivity contribution in [2.45, 2.75) is 11.8 Å². The van der Waals surface area contributed by atoms with Gasteiger partial charge in [-0.1, -0.05) is 6.07 Å². The predicted octanol–water partition coefficient (Wildman–Crippen LogP) is 0.751. The predicted molar refractivity (Wildman–Crippen MR) is 71.6 cm³/mol. The Morgan fingerprint density at radius 3 is 2.65 bits per heavy atom. The second-order valence-corrected chi connectivity index (χ2v) is 5.65. The van der Waals surface area contributed by atoms with Crippen molar-refractivity contribution in [1.29, 1.82) is 5.26 Å². The lowest BCUT2D eigenvalue weighted by Gasteiger charge is -2.09. The highest BCUT2D eigenvalue weighted by Gasteiger charge is 2.18. The Morgan fingerprint density at radius 2 is 2.05 bits per heavy atom. The van der Waals surface area contributed by atoms with Gasteiger partial charge in [0.15, 0.2) is 5.82 Å².